The lowest BCUT2D eigenvalue weighted by atomic mass is 9.80. The molecule has 1 amide bonds. The van der Waals surface area contributed by atoms with Gasteiger partial charge in [-0.2, -0.15) is 0 Å². The number of ether oxygens (including phenoxy) is 1. The van der Waals surface area contributed by atoms with Gasteiger partial charge in [-0.05, 0) is 59.3 Å². The van der Waals surface area contributed by atoms with E-state index in [1.165, 1.54) is 0 Å². The summed E-state index contributed by atoms with van der Waals surface area (Å²) in [6.45, 7) is 7.88. The third kappa shape index (κ3) is 5.52. The van der Waals surface area contributed by atoms with Crippen molar-refractivity contribution in [1.29, 1.82) is 0 Å². The first-order chi connectivity index (χ1) is 8.28. The van der Waals surface area contributed by atoms with Gasteiger partial charge in [0.05, 0.1) is 0 Å². The second-order valence-corrected chi connectivity index (χ2v) is 6.21. The lowest BCUT2D eigenvalue weighted by molar-refractivity contribution is -0.121. The minimum atomic E-state index is -0.448. The van der Waals surface area contributed by atoms with E-state index in [-0.39, 0.29) is 12.0 Å². The SMILES string of the molecule is CC(=O)C1CCC(CNC(=O)OC(C)(C)C)CC1. The number of hydrogen-bond acceptors (Lipinski definition) is 3. The van der Waals surface area contributed by atoms with Crippen molar-refractivity contribution in [3.8, 4) is 0 Å². The first kappa shape index (κ1) is 15.0. The van der Waals surface area contributed by atoms with Gasteiger partial charge >= 0.3 is 6.09 Å². The molecule has 0 saturated heterocycles. The quantitative estimate of drug-likeness (QED) is 0.843. The molecule has 1 fully saturated rings. The number of carbonyl (C=O) groups excluding carboxylic acids is 2. The van der Waals surface area contributed by atoms with E-state index in [2.05, 4.69) is 5.32 Å². The van der Waals surface area contributed by atoms with E-state index in [0.29, 0.717) is 18.2 Å². The number of alkyl carbamates (subject to hydrolysis) is 1. The maximum absolute atomic E-state index is 11.5. The predicted molar refractivity (Wildman–Crippen MR) is 70.4 cm³/mol. The molecule has 1 N–H and O–H groups in total. The summed E-state index contributed by atoms with van der Waals surface area (Å²) < 4.78 is 5.18. The van der Waals surface area contributed by atoms with Crippen molar-refractivity contribution in [3.05, 3.63) is 0 Å². The summed E-state index contributed by atoms with van der Waals surface area (Å²) in [5.41, 5.74) is -0.448. The molecule has 0 unspecified atom stereocenters. The Bertz CT molecular complexity index is 299. The van der Waals surface area contributed by atoms with Gasteiger partial charge < -0.3 is 10.1 Å². The normalized spacial score (nSPS) is 24.4. The summed E-state index contributed by atoms with van der Waals surface area (Å²) in [4.78, 5) is 22.7. The number of amides is 1. The minimum absolute atomic E-state index is 0.239. The van der Waals surface area contributed by atoms with E-state index >= 15 is 0 Å². The van der Waals surface area contributed by atoms with Crippen molar-refractivity contribution in [1.82, 2.24) is 5.32 Å². The Morgan fingerprint density at radius 2 is 1.72 bits per heavy atom. The summed E-state index contributed by atoms with van der Waals surface area (Å²) in [5, 5.41) is 2.81. The second-order valence-electron chi connectivity index (χ2n) is 6.21. The number of ketones is 1. The van der Waals surface area contributed by atoms with Crippen LogP contribution in [0.25, 0.3) is 0 Å². The first-order valence-corrected chi connectivity index (χ1v) is 6.75. The van der Waals surface area contributed by atoms with Gasteiger partial charge in [0.2, 0.25) is 0 Å². The zero-order chi connectivity index (χ0) is 13.8. The zero-order valence-corrected chi connectivity index (χ0v) is 11.9. The molecule has 0 spiro atoms. The Morgan fingerprint density at radius 3 is 2.17 bits per heavy atom. The number of nitrogens with one attached hydrogen (secondary N) is 1. The number of carbonyl (C=O) groups is 2. The van der Waals surface area contributed by atoms with E-state index in [4.69, 9.17) is 4.74 Å². The van der Waals surface area contributed by atoms with Crippen LogP contribution in [0, 0.1) is 11.8 Å². The molecule has 1 saturated carbocycles. The third-order valence-electron chi connectivity index (χ3n) is 3.36. The lowest BCUT2D eigenvalue weighted by Crippen LogP contribution is -2.36. The maximum Gasteiger partial charge on any atom is 0.407 e. The molecule has 0 aromatic heterocycles. The topological polar surface area (TPSA) is 55.4 Å². The monoisotopic (exact) mass is 255 g/mol. The van der Waals surface area contributed by atoms with Gasteiger partial charge in [-0.15, -0.1) is 0 Å². The van der Waals surface area contributed by atoms with Gasteiger partial charge in [0.25, 0.3) is 0 Å². The van der Waals surface area contributed by atoms with Crippen LogP contribution < -0.4 is 5.32 Å². The summed E-state index contributed by atoms with van der Waals surface area (Å²) in [7, 11) is 0. The van der Waals surface area contributed by atoms with Crippen molar-refractivity contribution in [2.24, 2.45) is 11.8 Å². The molecule has 0 radical (unpaired) electrons. The molecule has 0 atom stereocenters. The molecule has 18 heavy (non-hydrogen) atoms. The van der Waals surface area contributed by atoms with Crippen LogP contribution in [0.1, 0.15) is 53.4 Å². The molecule has 0 aromatic rings. The Balaban J connectivity index is 2.22. The van der Waals surface area contributed by atoms with E-state index in [1.807, 2.05) is 20.8 Å². The smallest absolute Gasteiger partial charge is 0.407 e. The summed E-state index contributed by atoms with van der Waals surface area (Å²) >= 11 is 0. The van der Waals surface area contributed by atoms with Crippen LogP contribution in [-0.2, 0) is 9.53 Å². The van der Waals surface area contributed by atoms with Crippen molar-refractivity contribution in [2.75, 3.05) is 6.54 Å². The standard InChI is InChI=1S/C14H25NO3/c1-10(16)12-7-5-11(6-8-12)9-15-13(17)18-14(2,3)4/h11-12H,5-9H2,1-4H3,(H,15,17). The van der Waals surface area contributed by atoms with Crippen LogP contribution >= 0.6 is 0 Å². The van der Waals surface area contributed by atoms with Crippen molar-refractivity contribution in [2.45, 2.75) is 59.0 Å². The van der Waals surface area contributed by atoms with Crippen LogP contribution in [0.4, 0.5) is 4.79 Å². The second kappa shape index (κ2) is 6.21. The Hall–Kier alpha value is -1.06. The molecule has 4 nitrogen and oxygen atoms in total. The molecule has 1 rings (SSSR count). The van der Waals surface area contributed by atoms with E-state index < -0.39 is 5.60 Å². The van der Waals surface area contributed by atoms with E-state index in [9.17, 15) is 9.59 Å². The number of rotatable bonds is 3. The van der Waals surface area contributed by atoms with Crippen LogP contribution in [0.5, 0.6) is 0 Å². The summed E-state index contributed by atoms with van der Waals surface area (Å²) in [6.07, 6.45) is 3.59. The fourth-order valence-corrected chi connectivity index (χ4v) is 2.31. The zero-order valence-electron chi connectivity index (χ0n) is 11.9. The van der Waals surface area contributed by atoms with Crippen molar-refractivity contribution >= 4 is 11.9 Å². The molecule has 0 bridgehead atoms. The van der Waals surface area contributed by atoms with Gasteiger partial charge in [-0.25, -0.2) is 4.79 Å². The Kier molecular flexibility index (Phi) is 5.17. The first-order valence-electron chi connectivity index (χ1n) is 6.75. The molecular formula is C14H25NO3. The average molecular weight is 255 g/mol. The van der Waals surface area contributed by atoms with Crippen molar-refractivity contribution < 1.29 is 14.3 Å². The lowest BCUT2D eigenvalue weighted by Gasteiger charge is -2.27. The van der Waals surface area contributed by atoms with Crippen molar-refractivity contribution in [3.63, 3.8) is 0 Å². The minimum Gasteiger partial charge on any atom is -0.444 e. The molecule has 1 aliphatic rings. The highest BCUT2D eigenvalue weighted by Gasteiger charge is 2.24. The number of hydrogen-bond donors (Lipinski definition) is 1. The highest BCUT2D eigenvalue weighted by Crippen LogP contribution is 2.28. The molecule has 1 aliphatic carbocycles. The van der Waals surface area contributed by atoms with Crippen LogP contribution in [0.3, 0.4) is 0 Å². The Morgan fingerprint density at radius 1 is 1.17 bits per heavy atom. The largest absolute Gasteiger partial charge is 0.444 e. The fraction of sp³-hybridized carbons (Fsp3) is 0.857. The van der Waals surface area contributed by atoms with Gasteiger partial charge in [0.15, 0.2) is 0 Å². The molecule has 0 heterocycles. The Labute approximate surface area is 109 Å². The van der Waals surface area contributed by atoms with Gasteiger partial charge in [0.1, 0.15) is 11.4 Å². The highest BCUT2D eigenvalue weighted by atomic mass is 16.6. The third-order valence-corrected chi connectivity index (χ3v) is 3.36. The van der Waals surface area contributed by atoms with Gasteiger partial charge in [-0.1, -0.05) is 0 Å². The molecular weight excluding hydrogens is 230 g/mol. The van der Waals surface area contributed by atoms with Crippen LogP contribution in [-0.4, -0.2) is 24.0 Å². The molecule has 0 aliphatic heterocycles. The maximum atomic E-state index is 11.5. The summed E-state index contributed by atoms with van der Waals surface area (Å²) in [6, 6.07) is 0. The highest BCUT2D eigenvalue weighted by molar-refractivity contribution is 5.78. The predicted octanol–water partition coefficient (Wildman–Crippen LogP) is 2.91. The average Bonchev–Trinajstić information content (AvgIpc) is 2.24. The number of Topliss-reactive ketones (excluding diaryl/α,β-unsaturated/α-hetero) is 1. The van der Waals surface area contributed by atoms with Crippen LogP contribution in [0.2, 0.25) is 0 Å². The van der Waals surface area contributed by atoms with E-state index in [0.717, 1.165) is 25.7 Å². The summed E-state index contributed by atoms with van der Waals surface area (Å²) in [5.74, 6) is 1.02. The van der Waals surface area contributed by atoms with E-state index in [1.54, 1.807) is 6.92 Å². The molecule has 104 valence electrons. The van der Waals surface area contributed by atoms with Gasteiger partial charge in [-0.3, -0.25) is 4.79 Å². The fourth-order valence-electron chi connectivity index (χ4n) is 2.31. The van der Waals surface area contributed by atoms with Crippen LogP contribution in [0.15, 0.2) is 0 Å². The van der Waals surface area contributed by atoms with Gasteiger partial charge in [0, 0.05) is 12.5 Å². The molecule has 0 aromatic carbocycles. The molecule has 4 heteroatoms.